The van der Waals surface area contributed by atoms with Gasteiger partial charge in [0.15, 0.2) is 0 Å². The van der Waals surface area contributed by atoms with Crippen molar-refractivity contribution in [1.82, 2.24) is 5.32 Å². The summed E-state index contributed by atoms with van der Waals surface area (Å²) in [4.78, 5) is 12.9. The van der Waals surface area contributed by atoms with Crippen LogP contribution in [0.1, 0.15) is 89.4 Å². The molecule has 168 valence electrons. The van der Waals surface area contributed by atoms with Crippen molar-refractivity contribution in [3.8, 4) is 0 Å². The molecule has 1 aromatic rings. The fourth-order valence-electron chi connectivity index (χ4n) is 4.94. The second-order valence-corrected chi connectivity index (χ2v) is 12.8. The number of anilines is 1. The lowest BCUT2D eigenvalue weighted by molar-refractivity contribution is 0.0819. The van der Waals surface area contributed by atoms with E-state index >= 15 is 0 Å². The lowest BCUT2D eigenvalue weighted by Crippen LogP contribution is -2.46. The Labute approximate surface area is 182 Å². The van der Waals surface area contributed by atoms with E-state index in [9.17, 15) is 13.2 Å². The summed E-state index contributed by atoms with van der Waals surface area (Å²) in [5.74, 6) is 2.00. The maximum absolute atomic E-state index is 12.9. The van der Waals surface area contributed by atoms with E-state index in [0.717, 1.165) is 18.3 Å². The number of rotatable bonds is 5. The first kappa shape index (κ1) is 23.1. The fourth-order valence-corrected chi connectivity index (χ4v) is 5.69. The number of sulfonamides is 1. The smallest absolute Gasteiger partial charge is 0.251 e. The van der Waals surface area contributed by atoms with Gasteiger partial charge in [-0.25, -0.2) is 8.42 Å². The first-order chi connectivity index (χ1) is 14.1. The molecule has 0 aromatic heterocycles. The van der Waals surface area contributed by atoms with Gasteiger partial charge in [0.25, 0.3) is 5.91 Å². The van der Waals surface area contributed by atoms with Crippen LogP contribution in [0.15, 0.2) is 24.3 Å². The summed E-state index contributed by atoms with van der Waals surface area (Å²) in [6, 6.07) is 6.99. The Kier molecular flexibility index (Phi) is 7.16. The molecule has 2 N–H and O–H groups in total. The molecule has 3 rings (SSSR count). The van der Waals surface area contributed by atoms with Gasteiger partial charge in [-0.2, -0.15) is 0 Å². The third-order valence-corrected chi connectivity index (χ3v) is 9.06. The predicted molar refractivity (Wildman–Crippen MR) is 123 cm³/mol. The molecular formula is C24H38N2O3S. The standard InChI is InChI=1S/C24H38N2O3S/c1-17-10-15-22(21(16-17)18-8-6-5-7-9-18)25-23(27)19-11-13-20(14-12-19)26-30(28,29)24(2,3)4/h11-14,17-18,21-22,26H,5-10,15-16H2,1-4H3,(H,25,27). The van der Waals surface area contributed by atoms with Crippen molar-refractivity contribution in [3.63, 3.8) is 0 Å². The molecule has 0 radical (unpaired) electrons. The van der Waals surface area contributed by atoms with E-state index in [1.54, 1.807) is 45.0 Å². The van der Waals surface area contributed by atoms with Crippen LogP contribution in [-0.2, 0) is 10.0 Å². The number of hydrogen-bond donors (Lipinski definition) is 2. The molecule has 0 spiro atoms. The topological polar surface area (TPSA) is 75.3 Å². The predicted octanol–water partition coefficient (Wildman–Crippen LogP) is 5.34. The molecule has 2 aliphatic rings. The molecule has 2 fully saturated rings. The second kappa shape index (κ2) is 9.29. The van der Waals surface area contributed by atoms with Crippen molar-refractivity contribution in [2.24, 2.45) is 17.8 Å². The summed E-state index contributed by atoms with van der Waals surface area (Å²) in [5.41, 5.74) is 1.06. The molecule has 2 aliphatic carbocycles. The summed E-state index contributed by atoms with van der Waals surface area (Å²) in [7, 11) is -3.48. The van der Waals surface area contributed by atoms with Crippen LogP contribution >= 0.6 is 0 Å². The highest BCUT2D eigenvalue weighted by molar-refractivity contribution is 7.94. The lowest BCUT2D eigenvalue weighted by Gasteiger charge is -2.41. The van der Waals surface area contributed by atoms with Gasteiger partial charge in [-0.15, -0.1) is 0 Å². The molecule has 2 saturated carbocycles. The molecule has 1 aromatic carbocycles. The van der Waals surface area contributed by atoms with Gasteiger partial charge in [0, 0.05) is 17.3 Å². The van der Waals surface area contributed by atoms with Crippen LogP contribution in [0.3, 0.4) is 0 Å². The average molecular weight is 435 g/mol. The zero-order chi connectivity index (χ0) is 21.9. The van der Waals surface area contributed by atoms with Gasteiger partial charge in [0.05, 0.1) is 4.75 Å². The van der Waals surface area contributed by atoms with E-state index in [2.05, 4.69) is 17.0 Å². The van der Waals surface area contributed by atoms with Crippen LogP contribution in [-0.4, -0.2) is 25.1 Å². The Hall–Kier alpha value is -1.56. The number of carbonyl (C=O) groups is 1. The van der Waals surface area contributed by atoms with E-state index in [1.807, 2.05) is 0 Å². The minimum atomic E-state index is -3.48. The van der Waals surface area contributed by atoms with Gasteiger partial charge in [-0.1, -0.05) is 39.0 Å². The van der Waals surface area contributed by atoms with Crippen molar-refractivity contribution in [2.75, 3.05) is 4.72 Å². The second-order valence-electron chi connectivity index (χ2n) is 10.4. The quantitative estimate of drug-likeness (QED) is 0.657. The van der Waals surface area contributed by atoms with Crippen LogP contribution in [0.5, 0.6) is 0 Å². The molecule has 30 heavy (non-hydrogen) atoms. The van der Waals surface area contributed by atoms with Gasteiger partial charge in [-0.05, 0) is 82.1 Å². The Morgan fingerprint density at radius 3 is 2.20 bits per heavy atom. The summed E-state index contributed by atoms with van der Waals surface area (Å²) < 4.78 is 26.4. The summed E-state index contributed by atoms with van der Waals surface area (Å²) >= 11 is 0. The molecule has 1 amide bonds. The molecule has 0 aliphatic heterocycles. The third-order valence-electron chi connectivity index (χ3n) is 6.94. The molecule has 5 nitrogen and oxygen atoms in total. The number of benzene rings is 1. The van der Waals surface area contributed by atoms with Crippen molar-refractivity contribution < 1.29 is 13.2 Å². The summed E-state index contributed by atoms with van der Waals surface area (Å²) in [6.45, 7) is 7.31. The van der Waals surface area contributed by atoms with Crippen molar-refractivity contribution in [1.29, 1.82) is 0 Å². The van der Waals surface area contributed by atoms with E-state index < -0.39 is 14.8 Å². The van der Waals surface area contributed by atoms with Gasteiger partial charge in [0.1, 0.15) is 0 Å². The Morgan fingerprint density at radius 2 is 1.60 bits per heavy atom. The van der Waals surface area contributed by atoms with Crippen LogP contribution in [0, 0.1) is 17.8 Å². The highest BCUT2D eigenvalue weighted by Gasteiger charge is 2.35. The highest BCUT2D eigenvalue weighted by atomic mass is 32.2. The first-order valence-electron chi connectivity index (χ1n) is 11.5. The fraction of sp³-hybridized carbons (Fsp3) is 0.708. The van der Waals surface area contributed by atoms with Crippen molar-refractivity contribution in [2.45, 2.75) is 89.9 Å². The number of hydrogen-bond acceptors (Lipinski definition) is 3. The van der Waals surface area contributed by atoms with E-state index in [4.69, 9.17) is 0 Å². The molecule has 0 saturated heterocycles. The third kappa shape index (κ3) is 5.57. The van der Waals surface area contributed by atoms with E-state index in [1.165, 1.54) is 44.9 Å². The van der Waals surface area contributed by atoms with Gasteiger partial charge < -0.3 is 5.32 Å². The maximum atomic E-state index is 12.9. The van der Waals surface area contributed by atoms with Crippen LogP contribution in [0.4, 0.5) is 5.69 Å². The number of amides is 1. The molecule has 0 bridgehead atoms. The van der Waals surface area contributed by atoms with Crippen LogP contribution < -0.4 is 10.0 Å². The van der Waals surface area contributed by atoms with Gasteiger partial charge in [0.2, 0.25) is 10.0 Å². The zero-order valence-electron chi connectivity index (χ0n) is 18.9. The minimum absolute atomic E-state index is 0.0550. The van der Waals surface area contributed by atoms with Gasteiger partial charge in [-0.3, -0.25) is 9.52 Å². The molecule has 6 heteroatoms. The largest absolute Gasteiger partial charge is 0.349 e. The maximum Gasteiger partial charge on any atom is 0.251 e. The normalized spacial score (nSPS) is 26.2. The SMILES string of the molecule is CC1CCC(NC(=O)c2ccc(NS(=O)(=O)C(C)(C)C)cc2)C(C2CCCCC2)C1. The summed E-state index contributed by atoms with van der Waals surface area (Å²) in [6.07, 6.45) is 10.0. The lowest BCUT2D eigenvalue weighted by atomic mass is 9.68. The van der Waals surface area contributed by atoms with Crippen LogP contribution in [0.25, 0.3) is 0 Å². The number of nitrogens with one attached hydrogen (secondary N) is 2. The first-order valence-corrected chi connectivity index (χ1v) is 13.0. The van der Waals surface area contributed by atoms with Crippen LogP contribution in [0.2, 0.25) is 0 Å². The Bertz CT molecular complexity index is 821. The Balaban J connectivity index is 1.65. The monoisotopic (exact) mass is 434 g/mol. The number of carbonyl (C=O) groups excluding carboxylic acids is 1. The van der Waals surface area contributed by atoms with E-state index in [-0.39, 0.29) is 11.9 Å². The Morgan fingerprint density at radius 1 is 0.967 bits per heavy atom. The van der Waals surface area contributed by atoms with Crippen molar-refractivity contribution >= 4 is 21.6 Å². The highest BCUT2D eigenvalue weighted by Crippen LogP contribution is 2.40. The summed E-state index contributed by atoms with van der Waals surface area (Å²) in [5, 5.41) is 3.32. The van der Waals surface area contributed by atoms with Gasteiger partial charge >= 0.3 is 0 Å². The van der Waals surface area contributed by atoms with E-state index in [0.29, 0.717) is 17.2 Å². The molecule has 3 atom stereocenters. The average Bonchev–Trinajstić information content (AvgIpc) is 2.69. The zero-order valence-corrected chi connectivity index (χ0v) is 19.7. The molecule has 0 heterocycles. The molecule has 3 unspecified atom stereocenters. The van der Waals surface area contributed by atoms with Crippen molar-refractivity contribution in [3.05, 3.63) is 29.8 Å². The minimum Gasteiger partial charge on any atom is -0.349 e. The molecular weight excluding hydrogens is 396 g/mol.